The number of ether oxygens (including phenoxy) is 1. The predicted molar refractivity (Wildman–Crippen MR) is 61.1 cm³/mol. The molecule has 1 unspecified atom stereocenters. The van der Waals surface area contributed by atoms with Crippen LogP contribution in [-0.2, 0) is 9.53 Å². The standard InChI is InChI=1S/C11H20ClNO2/c1-9-7-13(5-4-6-15-9)10(14)11(2,3)8-12/h9H,4-8H2,1-3H3. The highest BCUT2D eigenvalue weighted by Gasteiger charge is 2.32. The van der Waals surface area contributed by atoms with Crippen molar-refractivity contribution in [3.8, 4) is 0 Å². The van der Waals surface area contributed by atoms with Crippen molar-refractivity contribution in [3.63, 3.8) is 0 Å². The van der Waals surface area contributed by atoms with Gasteiger partial charge in [0.25, 0.3) is 0 Å². The van der Waals surface area contributed by atoms with E-state index in [9.17, 15) is 4.79 Å². The van der Waals surface area contributed by atoms with Gasteiger partial charge in [0.15, 0.2) is 0 Å². The molecule has 1 fully saturated rings. The first-order chi connectivity index (χ1) is 6.97. The fraction of sp³-hybridized carbons (Fsp3) is 0.909. The Bertz CT molecular complexity index is 231. The maximum atomic E-state index is 12.1. The Hall–Kier alpha value is -0.280. The number of halogens is 1. The average molecular weight is 234 g/mol. The summed E-state index contributed by atoms with van der Waals surface area (Å²) in [4.78, 5) is 14.0. The highest BCUT2D eigenvalue weighted by Crippen LogP contribution is 2.22. The van der Waals surface area contributed by atoms with Crippen LogP contribution in [0, 0.1) is 5.41 Å². The van der Waals surface area contributed by atoms with Gasteiger partial charge in [-0.25, -0.2) is 0 Å². The van der Waals surface area contributed by atoms with Gasteiger partial charge in [-0.3, -0.25) is 4.79 Å². The van der Waals surface area contributed by atoms with Gasteiger partial charge in [0.1, 0.15) is 0 Å². The molecule has 0 aromatic rings. The van der Waals surface area contributed by atoms with Crippen molar-refractivity contribution >= 4 is 17.5 Å². The van der Waals surface area contributed by atoms with Gasteiger partial charge in [-0.2, -0.15) is 0 Å². The van der Waals surface area contributed by atoms with E-state index in [1.54, 1.807) is 0 Å². The van der Waals surface area contributed by atoms with E-state index >= 15 is 0 Å². The molecule has 1 atom stereocenters. The fourth-order valence-corrected chi connectivity index (χ4v) is 1.78. The second kappa shape index (κ2) is 5.17. The molecule has 1 rings (SSSR count). The van der Waals surface area contributed by atoms with Crippen molar-refractivity contribution in [2.75, 3.05) is 25.6 Å². The number of carbonyl (C=O) groups excluding carboxylic acids is 1. The summed E-state index contributed by atoms with van der Waals surface area (Å²) in [6.45, 7) is 7.98. The van der Waals surface area contributed by atoms with E-state index in [-0.39, 0.29) is 12.0 Å². The monoisotopic (exact) mass is 233 g/mol. The maximum Gasteiger partial charge on any atom is 0.229 e. The van der Waals surface area contributed by atoms with Crippen LogP contribution < -0.4 is 0 Å². The van der Waals surface area contributed by atoms with Gasteiger partial charge in [0.2, 0.25) is 5.91 Å². The van der Waals surface area contributed by atoms with E-state index in [0.29, 0.717) is 12.4 Å². The third-order valence-electron chi connectivity index (χ3n) is 2.65. The summed E-state index contributed by atoms with van der Waals surface area (Å²) in [5.41, 5.74) is -0.467. The van der Waals surface area contributed by atoms with Gasteiger partial charge in [-0.15, -0.1) is 11.6 Å². The number of alkyl halides is 1. The average Bonchev–Trinajstić information content (AvgIpc) is 2.41. The second-order valence-electron chi connectivity index (χ2n) is 4.80. The molecule has 0 spiro atoms. The van der Waals surface area contributed by atoms with E-state index in [1.807, 2.05) is 25.7 Å². The molecule has 15 heavy (non-hydrogen) atoms. The highest BCUT2D eigenvalue weighted by molar-refractivity contribution is 6.19. The minimum absolute atomic E-state index is 0.127. The lowest BCUT2D eigenvalue weighted by molar-refractivity contribution is -0.139. The summed E-state index contributed by atoms with van der Waals surface area (Å²) in [5, 5.41) is 0. The third kappa shape index (κ3) is 3.35. The van der Waals surface area contributed by atoms with E-state index in [1.165, 1.54) is 0 Å². The summed E-state index contributed by atoms with van der Waals surface area (Å²) >= 11 is 5.81. The second-order valence-corrected chi connectivity index (χ2v) is 5.07. The molecule has 1 saturated heterocycles. The Morgan fingerprint density at radius 1 is 1.60 bits per heavy atom. The third-order valence-corrected chi connectivity index (χ3v) is 3.32. The lowest BCUT2D eigenvalue weighted by Crippen LogP contribution is -2.44. The van der Waals surface area contributed by atoms with Crippen molar-refractivity contribution in [1.29, 1.82) is 0 Å². The maximum absolute atomic E-state index is 12.1. The van der Waals surface area contributed by atoms with Crippen molar-refractivity contribution in [2.45, 2.75) is 33.3 Å². The molecule has 1 aliphatic heterocycles. The Labute approximate surface area is 96.7 Å². The van der Waals surface area contributed by atoms with E-state index in [0.717, 1.165) is 19.6 Å². The smallest absolute Gasteiger partial charge is 0.229 e. The number of amides is 1. The number of rotatable bonds is 2. The molecular formula is C11H20ClNO2. The quantitative estimate of drug-likeness (QED) is 0.682. The molecule has 4 heteroatoms. The lowest BCUT2D eigenvalue weighted by atomic mass is 9.94. The lowest BCUT2D eigenvalue weighted by Gasteiger charge is -2.30. The summed E-state index contributed by atoms with van der Waals surface area (Å²) in [7, 11) is 0. The molecule has 0 N–H and O–H groups in total. The highest BCUT2D eigenvalue weighted by atomic mass is 35.5. The van der Waals surface area contributed by atoms with Gasteiger partial charge in [-0.05, 0) is 27.2 Å². The molecular weight excluding hydrogens is 214 g/mol. The fourth-order valence-electron chi connectivity index (χ4n) is 1.66. The van der Waals surface area contributed by atoms with Crippen molar-refractivity contribution in [2.24, 2.45) is 5.41 Å². The summed E-state index contributed by atoms with van der Waals surface area (Å²) in [6, 6.07) is 0. The number of hydrogen-bond acceptors (Lipinski definition) is 2. The molecule has 1 heterocycles. The number of nitrogens with zero attached hydrogens (tertiary/aromatic N) is 1. The molecule has 1 amide bonds. The first-order valence-electron chi connectivity index (χ1n) is 5.44. The van der Waals surface area contributed by atoms with Crippen LogP contribution >= 0.6 is 11.6 Å². The first kappa shape index (κ1) is 12.8. The Morgan fingerprint density at radius 3 is 2.87 bits per heavy atom. The first-order valence-corrected chi connectivity index (χ1v) is 5.98. The zero-order chi connectivity index (χ0) is 11.5. The SMILES string of the molecule is CC1CN(C(=O)C(C)(C)CCl)CCCO1. The number of carbonyl (C=O) groups is 1. The zero-order valence-corrected chi connectivity index (χ0v) is 10.5. The topological polar surface area (TPSA) is 29.5 Å². The van der Waals surface area contributed by atoms with Crippen molar-refractivity contribution in [1.82, 2.24) is 4.90 Å². The molecule has 0 radical (unpaired) electrons. The molecule has 0 aliphatic carbocycles. The molecule has 0 saturated carbocycles. The molecule has 0 bridgehead atoms. The van der Waals surface area contributed by atoms with Gasteiger partial charge in [-0.1, -0.05) is 0 Å². The van der Waals surface area contributed by atoms with Gasteiger partial charge >= 0.3 is 0 Å². The van der Waals surface area contributed by atoms with Gasteiger partial charge in [0.05, 0.1) is 11.5 Å². The Morgan fingerprint density at radius 2 is 2.27 bits per heavy atom. The largest absolute Gasteiger partial charge is 0.377 e. The van der Waals surface area contributed by atoms with E-state index in [4.69, 9.17) is 16.3 Å². The van der Waals surface area contributed by atoms with E-state index in [2.05, 4.69) is 0 Å². The van der Waals surface area contributed by atoms with Crippen LogP contribution in [0.1, 0.15) is 27.2 Å². The summed E-state index contributed by atoms with van der Waals surface area (Å²) < 4.78 is 5.50. The van der Waals surface area contributed by atoms with Crippen molar-refractivity contribution < 1.29 is 9.53 Å². The minimum atomic E-state index is -0.467. The molecule has 3 nitrogen and oxygen atoms in total. The van der Waals surface area contributed by atoms with Crippen LogP contribution in [0.3, 0.4) is 0 Å². The van der Waals surface area contributed by atoms with Crippen LogP contribution in [0.15, 0.2) is 0 Å². The Balaban J connectivity index is 2.65. The van der Waals surface area contributed by atoms with Crippen LogP contribution in [0.25, 0.3) is 0 Å². The molecule has 88 valence electrons. The normalized spacial score (nSPS) is 23.7. The Kier molecular flexibility index (Phi) is 4.41. The zero-order valence-electron chi connectivity index (χ0n) is 9.75. The molecule has 0 aromatic carbocycles. The predicted octanol–water partition coefficient (Wildman–Crippen LogP) is 1.89. The van der Waals surface area contributed by atoms with Crippen LogP contribution in [0.2, 0.25) is 0 Å². The molecule has 0 aromatic heterocycles. The molecule has 1 aliphatic rings. The summed E-state index contributed by atoms with van der Waals surface area (Å²) in [6.07, 6.45) is 1.04. The van der Waals surface area contributed by atoms with E-state index < -0.39 is 5.41 Å². The van der Waals surface area contributed by atoms with Crippen LogP contribution in [-0.4, -0.2) is 42.5 Å². The minimum Gasteiger partial charge on any atom is -0.377 e. The summed E-state index contributed by atoms with van der Waals surface area (Å²) in [5.74, 6) is 0.493. The number of hydrogen-bond donors (Lipinski definition) is 0. The van der Waals surface area contributed by atoms with Gasteiger partial charge in [0, 0.05) is 25.6 Å². The van der Waals surface area contributed by atoms with Crippen LogP contribution in [0.5, 0.6) is 0 Å². The van der Waals surface area contributed by atoms with Crippen LogP contribution in [0.4, 0.5) is 0 Å². The van der Waals surface area contributed by atoms with Gasteiger partial charge < -0.3 is 9.64 Å². The van der Waals surface area contributed by atoms with Crippen molar-refractivity contribution in [3.05, 3.63) is 0 Å².